The molecule has 0 saturated carbocycles. The number of nitrogens with zero attached hydrogens (tertiary/aromatic N) is 1. The Balaban J connectivity index is 2.21. The summed E-state index contributed by atoms with van der Waals surface area (Å²) in [6.07, 6.45) is 2.63. The Bertz CT molecular complexity index is 234. The van der Waals surface area contributed by atoms with Crippen LogP contribution in [0.15, 0.2) is 0 Å². The average molecular weight is 291 g/mol. The van der Waals surface area contributed by atoms with Gasteiger partial charge in [-0.2, -0.15) is 0 Å². The van der Waals surface area contributed by atoms with Crippen molar-refractivity contribution < 1.29 is 4.74 Å². The summed E-state index contributed by atoms with van der Waals surface area (Å²) in [5.41, 5.74) is 0. The molecule has 1 saturated heterocycles. The molecule has 114 valence electrons. The molecule has 0 aromatic heterocycles. The highest BCUT2D eigenvalue weighted by molar-refractivity contribution is 6.21. The van der Waals surface area contributed by atoms with Gasteiger partial charge in [-0.1, -0.05) is 26.7 Å². The van der Waals surface area contributed by atoms with E-state index in [1.54, 1.807) is 0 Å². The second-order valence-corrected chi connectivity index (χ2v) is 6.39. The number of nitrogens with one attached hydrogen (secondary N) is 1. The smallest absolute Gasteiger partial charge is 0.0826 e. The predicted octanol–water partition coefficient (Wildman–Crippen LogP) is 2.73. The molecule has 0 aliphatic carbocycles. The van der Waals surface area contributed by atoms with Gasteiger partial charge >= 0.3 is 0 Å². The highest BCUT2D eigenvalue weighted by Crippen LogP contribution is 2.17. The van der Waals surface area contributed by atoms with Crippen LogP contribution in [0.5, 0.6) is 0 Å². The first-order valence-electron chi connectivity index (χ1n) is 7.78. The Labute approximate surface area is 124 Å². The monoisotopic (exact) mass is 290 g/mol. The molecule has 0 spiro atoms. The zero-order valence-corrected chi connectivity index (χ0v) is 13.7. The van der Waals surface area contributed by atoms with Gasteiger partial charge in [0.15, 0.2) is 0 Å². The zero-order valence-electron chi connectivity index (χ0n) is 13.0. The molecule has 4 heteroatoms. The maximum atomic E-state index is 6.43. The van der Waals surface area contributed by atoms with Crippen LogP contribution in [0.3, 0.4) is 0 Å². The van der Waals surface area contributed by atoms with Gasteiger partial charge in [-0.25, -0.2) is 0 Å². The van der Waals surface area contributed by atoms with Crippen molar-refractivity contribution in [1.29, 1.82) is 0 Å². The van der Waals surface area contributed by atoms with Crippen molar-refractivity contribution in [3.8, 4) is 0 Å². The van der Waals surface area contributed by atoms with Crippen LogP contribution in [-0.2, 0) is 4.74 Å². The molecule has 2 unspecified atom stereocenters. The maximum Gasteiger partial charge on any atom is 0.0826 e. The third-order valence-electron chi connectivity index (χ3n) is 4.17. The lowest BCUT2D eigenvalue weighted by atomic mass is 9.99. The fourth-order valence-electron chi connectivity index (χ4n) is 2.68. The highest BCUT2D eigenvalue weighted by Gasteiger charge is 2.22. The van der Waals surface area contributed by atoms with E-state index in [2.05, 4.69) is 37.9 Å². The summed E-state index contributed by atoms with van der Waals surface area (Å²) < 4.78 is 5.81. The van der Waals surface area contributed by atoms with Crippen LogP contribution in [0.2, 0.25) is 0 Å². The van der Waals surface area contributed by atoms with E-state index < -0.39 is 0 Å². The SMILES string of the molecule is CCC(CC)C(Cl)CNCC1CN(C(C)C)CCO1. The molecular formula is C15H31ClN2O. The van der Waals surface area contributed by atoms with E-state index in [4.69, 9.17) is 16.3 Å². The van der Waals surface area contributed by atoms with Crippen LogP contribution in [0.4, 0.5) is 0 Å². The van der Waals surface area contributed by atoms with Crippen LogP contribution >= 0.6 is 11.6 Å². The summed E-state index contributed by atoms with van der Waals surface area (Å²) in [6, 6.07) is 0.608. The van der Waals surface area contributed by atoms with Gasteiger partial charge < -0.3 is 10.1 Å². The third kappa shape index (κ3) is 5.99. The second kappa shape index (κ2) is 9.17. The first kappa shape index (κ1) is 17.2. The molecule has 1 fully saturated rings. The molecule has 0 bridgehead atoms. The van der Waals surface area contributed by atoms with Gasteiger partial charge in [-0.05, 0) is 19.8 Å². The lowest BCUT2D eigenvalue weighted by Gasteiger charge is -2.35. The van der Waals surface area contributed by atoms with E-state index >= 15 is 0 Å². The Morgan fingerprint density at radius 3 is 2.58 bits per heavy atom. The Kier molecular flexibility index (Phi) is 8.31. The molecule has 2 atom stereocenters. The van der Waals surface area contributed by atoms with E-state index in [0.717, 1.165) is 45.6 Å². The van der Waals surface area contributed by atoms with E-state index in [1.807, 2.05) is 0 Å². The Hall–Kier alpha value is 0.170. The zero-order chi connectivity index (χ0) is 14.3. The molecule has 0 aromatic rings. The first-order chi connectivity index (χ1) is 9.08. The summed E-state index contributed by atoms with van der Waals surface area (Å²) >= 11 is 6.43. The van der Waals surface area contributed by atoms with Gasteiger partial charge in [0.1, 0.15) is 0 Å². The standard InChI is InChI=1S/C15H31ClN2O/c1-5-13(6-2)15(16)10-17-9-14-11-18(12(3)4)7-8-19-14/h12-15,17H,5-11H2,1-4H3. The van der Waals surface area contributed by atoms with E-state index in [9.17, 15) is 0 Å². The Morgan fingerprint density at radius 2 is 2.00 bits per heavy atom. The Morgan fingerprint density at radius 1 is 1.32 bits per heavy atom. The van der Waals surface area contributed by atoms with Crippen LogP contribution in [-0.4, -0.2) is 55.2 Å². The highest BCUT2D eigenvalue weighted by atomic mass is 35.5. The number of hydrogen-bond acceptors (Lipinski definition) is 3. The van der Waals surface area contributed by atoms with E-state index in [-0.39, 0.29) is 5.38 Å². The number of morpholine rings is 1. The van der Waals surface area contributed by atoms with Crippen LogP contribution < -0.4 is 5.32 Å². The molecule has 0 amide bonds. The van der Waals surface area contributed by atoms with Gasteiger partial charge in [-0.15, -0.1) is 11.6 Å². The van der Waals surface area contributed by atoms with Crippen LogP contribution in [0.1, 0.15) is 40.5 Å². The quantitative estimate of drug-likeness (QED) is 0.696. The fraction of sp³-hybridized carbons (Fsp3) is 1.00. The van der Waals surface area contributed by atoms with Crippen molar-refractivity contribution in [1.82, 2.24) is 10.2 Å². The minimum Gasteiger partial charge on any atom is -0.374 e. The number of hydrogen-bond donors (Lipinski definition) is 1. The summed E-state index contributed by atoms with van der Waals surface area (Å²) in [4.78, 5) is 2.48. The molecular weight excluding hydrogens is 260 g/mol. The topological polar surface area (TPSA) is 24.5 Å². The second-order valence-electron chi connectivity index (χ2n) is 5.83. The molecule has 1 rings (SSSR count). The van der Waals surface area contributed by atoms with Crippen LogP contribution in [0, 0.1) is 5.92 Å². The van der Waals surface area contributed by atoms with Crippen molar-refractivity contribution in [3.63, 3.8) is 0 Å². The first-order valence-corrected chi connectivity index (χ1v) is 8.22. The van der Waals surface area contributed by atoms with Crippen molar-refractivity contribution in [3.05, 3.63) is 0 Å². The average Bonchev–Trinajstić information content (AvgIpc) is 2.40. The summed E-state index contributed by atoms with van der Waals surface area (Å²) in [6.45, 7) is 13.7. The minimum atomic E-state index is 0.236. The summed E-state index contributed by atoms with van der Waals surface area (Å²) in [5, 5.41) is 3.72. The van der Waals surface area contributed by atoms with E-state index in [1.165, 1.54) is 0 Å². The van der Waals surface area contributed by atoms with Gasteiger partial charge in [0.25, 0.3) is 0 Å². The van der Waals surface area contributed by atoms with Crippen molar-refractivity contribution in [2.75, 3.05) is 32.8 Å². The molecule has 1 heterocycles. The van der Waals surface area contributed by atoms with Gasteiger partial charge in [-0.3, -0.25) is 4.90 Å². The third-order valence-corrected chi connectivity index (χ3v) is 4.68. The lowest BCUT2D eigenvalue weighted by molar-refractivity contribution is -0.0371. The molecule has 3 nitrogen and oxygen atoms in total. The number of ether oxygens (including phenoxy) is 1. The number of rotatable bonds is 8. The summed E-state index contributed by atoms with van der Waals surface area (Å²) in [7, 11) is 0. The van der Waals surface area contributed by atoms with Crippen molar-refractivity contribution in [2.24, 2.45) is 5.92 Å². The lowest BCUT2D eigenvalue weighted by Crippen LogP contribution is -2.49. The minimum absolute atomic E-state index is 0.236. The fourth-order valence-corrected chi connectivity index (χ4v) is 3.15. The molecule has 1 aliphatic heterocycles. The normalized spacial score (nSPS) is 23.2. The predicted molar refractivity (Wildman–Crippen MR) is 83.0 cm³/mol. The van der Waals surface area contributed by atoms with Gasteiger partial charge in [0.05, 0.1) is 12.7 Å². The molecule has 0 radical (unpaired) electrons. The molecule has 0 aromatic carbocycles. The number of alkyl halides is 1. The van der Waals surface area contributed by atoms with Crippen molar-refractivity contribution >= 4 is 11.6 Å². The largest absolute Gasteiger partial charge is 0.374 e. The van der Waals surface area contributed by atoms with Gasteiger partial charge in [0.2, 0.25) is 0 Å². The molecule has 19 heavy (non-hydrogen) atoms. The number of halogens is 1. The van der Waals surface area contributed by atoms with Gasteiger partial charge in [0, 0.05) is 37.6 Å². The maximum absolute atomic E-state index is 6.43. The van der Waals surface area contributed by atoms with Crippen molar-refractivity contribution in [2.45, 2.75) is 58.1 Å². The summed E-state index contributed by atoms with van der Waals surface area (Å²) in [5.74, 6) is 0.619. The van der Waals surface area contributed by atoms with E-state index in [0.29, 0.717) is 18.1 Å². The van der Waals surface area contributed by atoms with Crippen LogP contribution in [0.25, 0.3) is 0 Å². The molecule has 1 aliphatic rings. The molecule has 1 N–H and O–H groups in total.